The van der Waals surface area contributed by atoms with Gasteiger partial charge in [-0.3, -0.25) is 14.9 Å². The Morgan fingerprint density at radius 2 is 1.75 bits per heavy atom. The summed E-state index contributed by atoms with van der Waals surface area (Å²) in [7, 11) is 4.20. The van der Waals surface area contributed by atoms with Gasteiger partial charge in [-0.15, -0.1) is 0 Å². The number of hydrogen-bond acceptors (Lipinski definition) is 4. The van der Waals surface area contributed by atoms with Gasteiger partial charge in [0.05, 0.1) is 11.1 Å². The summed E-state index contributed by atoms with van der Waals surface area (Å²) < 4.78 is 0. The number of nitrogens with zero attached hydrogens (tertiary/aromatic N) is 3. The number of aromatic nitrogens is 1. The number of pyridine rings is 1. The fraction of sp³-hybridized carbons (Fsp3) is 0.250. The lowest BCUT2D eigenvalue weighted by molar-refractivity contribution is 0.349. The van der Waals surface area contributed by atoms with Crippen molar-refractivity contribution in [2.24, 2.45) is 4.99 Å². The van der Waals surface area contributed by atoms with Crippen molar-refractivity contribution in [3.8, 4) is 0 Å². The van der Waals surface area contributed by atoms with E-state index in [2.05, 4.69) is 48.2 Å². The fourth-order valence-corrected chi connectivity index (χ4v) is 3.49. The molecule has 0 spiro atoms. The Morgan fingerprint density at radius 3 is 2.40 bits per heavy atom. The number of rotatable bonds is 3. The fourth-order valence-electron chi connectivity index (χ4n) is 2.29. The highest BCUT2D eigenvalue weighted by atomic mass is 32.2. The van der Waals surface area contributed by atoms with Crippen molar-refractivity contribution >= 4 is 16.8 Å². The molecule has 0 saturated heterocycles. The van der Waals surface area contributed by atoms with Crippen LogP contribution in [-0.2, 0) is 0 Å². The van der Waals surface area contributed by atoms with E-state index in [-0.39, 0.29) is 6.04 Å². The lowest BCUT2D eigenvalue weighted by atomic mass is 10.1. The van der Waals surface area contributed by atoms with Gasteiger partial charge >= 0.3 is 0 Å². The minimum atomic E-state index is 0.160. The third-order valence-electron chi connectivity index (χ3n) is 3.29. The maximum atomic E-state index is 4.91. The summed E-state index contributed by atoms with van der Waals surface area (Å²) in [6.45, 7) is 0. The average molecular weight is 283 g/mol. The predicted octanol–water partition coefficient (Wildman–Crippen LogP) is 3.20. The van der Waals surface area contributed by atoms with E-state index >= 15 is 0 Å². The van der Waals surface area contributed by atoms with Crippen LogP contribution in [0.5, 0.6) is 0 Å². The zero-order valence-electron chi connectivity index (χ0n) is 11.6. The molecule has 3 nitrogen and oxygen atoms in total. The van der Waals surface area contributed by atoms with Crippen LogP contribution >= 0.6 is 11.8 Å². The minimum absolute atomic E-state index is 0.160. The highest BCUT2D eigenvalue weighted by molar-refractivity contribution is 8.15. The van der Waals surface area contributed by atoms with Crippen LogP contribution < -0.4 is 0 Å². The zero-order chi connectivity index (χ0) is 13.9. The molecule has 0 bridgehead atoms. The van der Waals surface area contributed by atoms with Crippen molar-refractivity contribution < 1.29 is 0 Å². The van der Waals surface area contributed by atoms with E-state index in [0.717, 1.165) is 10.7 Å². The number of likely N-dealkylation sites (N-methyl/N-ethyl adjacent to an activating group) is 1. The Morgan fingerprint density at radius 1 is 1.00 bits per heavy atom. The standard InChI is InChI=1S/C16H17N3S/c1-19(2)16-14(12-8-4-3-5-9-12)18-15(20-16)13-10-6-7-11-17-13/h3-11,14,16H,1-2H3/t14-,16+/m1/s1. The topological polar surface area (TPSA) is 28.5 Å². The second-order valence-electron chi connectivity index (χ2n) is 4.98. The van der Waals surface area contributed by atoms with E-state index in [1.165, 1.54) is 5.56 Å². The van der Waals surface area contributed by atoms with Crippen molar-refractivity contribution in [1.29, 1.82) is 0 Å². The average Bonchev–Trinajstić information content (AvgIpc) is 2.94. The van der Waals surface area contributed by atoms with Crippen LogP contribution in [0.4, 0.5) is 0 Å². The summed E-state index contributed by atoms with van der Waals surface area (Å²) in [4.78, 5) is 11.5. The van der Waals surface area contributed by atoms with Gasteiger partial charge in [-0.05, 0) is 31.8 Å². The largest absolute Gasteiger partial charge is 0.295 e. The summed E-state index contributed by atoms with van der Waals surface area (Å²) >= 11 is 1.79. The van der Waals surface area contributed by atoms with Gasteiger partial charge in [-0.1, -0.05) is 48.2 Å². The SMILES string of the molecule is CN(C)[C@H]1SC(c2ccccn2)=N[C@@H]1c1ccccc1. The summed E-state index contributed by atoms with van der Waals surface area (Å²) in [5.74, 6) is 0. The Labute approximate surface area is 123 Å². The first-order valence-electron chi connectivity index (χ1n) is 6.63. The Balaban J connectivity index is 1.96. The van der Waals surface area contributed by atoms with E-state index in [0.29, 0.717) is 5.37 Å². The highest BCUT2D eigenvalue weighted by Gasteiger charge is 2.33. The lowest BCUT2D eigenvalue weighted by Crippen LogP contribution is -2.28. The number of benzene rings is 1. The van der Waals surface area contributed by atoms with Crippen LogP contribution in [0.1, 0.15) is 17.3 Å². The molecule has 0 saturated carbocycles. The molecule has 0 unspecified atom stereocenters. The van der Waals surface area contributed by atoms with Gasteiger partial charge in [-0.25, -0.2) is 0 Å². The van der Waals surface area contributed by atoms with Crippen LogP contribution in [0, 0.1) is 0 Å². The van der Waals surface area contributed by atoms with Gasteiger partial charge in [0.25, 0.3) is 0 Å². The molecule has 1 aliphatic rings. The van der Waals surface area contributed by atoms with E-state index in [9.17, 15) is 0 Å². The first kappa shape index (κ1) is 13.3. The molecule has 20 heavy (non-hydrogen) atoms. The first-order chi connectivity index (χ1) is 9.75. The first-order valence-corrected chi connectivity index (χ1v) is 7.51. The smallest absolute Gasteiger partial charge is 0.119 e. The summed E-state index contributed by atoms with van der Waals surface area (Å²) in [6, 6.07) is 16.6. The summed E-state index contributed by atoms with van der Waals surface area (Å²) in [6.07, 6.45) is 1.82. The maximum Gasteiger partial charge on any atom is 0.119 e. The predicted molar refractivity (Wildman–Crippen MR) is 85.0 cm³/mol. The maximum absolute atomic E-state index is 4.91. The van der Waals surface area contributed by atoms with Gasteiger partial charge in [0.2, 0.25) is 0 Å². The van der Waals surface area contributed by atoms with Crippen molar-refractivity contribution in [3.63, 3.8) is 0 Å². The third kappa shape index (κ3) is 2.62. The summed E-state index contributed by atoms with van der Waals surface area (Å²) in [5.41, 5.74) is 2.22. The van der Waals surface area contributed by atoms with Gasteiger partial charge < -0.3 is 0 Å². The molecule has 0 radical (unpaired) electrons. The lowest BCUT2D eigenvalue weighted by Gasteiger charge is -2.24. The molecule has 2 atom stereocenters. The van der Waals surface area contributed by atoms with E-state index in [1.54, 1.807) is 11.8 Å². The molecule has 1 aliphatic heterocycles. The molecule has 2 heterocycles. The van der Waals surface area contributed by atoms with Crippen LogP contribution in [0.3, 0.4) is 0 Å². The van der Waals surface area contributed by atoms with Crippen LogP contribution in [0.25, 0.3) is 0 Å². The number of hydrogen-bond donors (Lipinski definition) is 0. The minimum Gasteiger partial charge on any atom is -0.295 e. The van der Waals surface area contributed by atoms with Crippen molar-refractivity contribution in [1.82, 2.24) is 9.88 Å². The molecule has 0 N–H and O–H groups in total. The van der Waals surface area contributed by atoms with Crippen LogP contribution in [0.2, 0.25) is 0 Å². The van der Waals surface area contributed by atoms with Gasteiger partial charge in [0.15, 0.2) is 0 Å². The van der Waals surface area contributed by atoms with Gasteiger partial charge in [0, 0.05) is 6.20 Å². The molecular formula is C16H17N3S. The van der Waals surface area contributed by atoms with Crippen molar-refractivity contribution in [2.45, 2.75) is 11.4 Å². The van der Waals surface area contributed by atoms with Crippen molar-refractivity contribution in [3.05, 3.63) is 66.0 Å². The molecule has 4 heteroatoms. The molecule has 0 amide bonds. The normalized spacial score (nSPS) is 22.1. The third-order valence-corrected chi connectivity index (χ3v) is 4.75. The van der Waals surface area contributed by atoms with Crippen LogP contribution in [-0.4, -0.2) is 34.4 Å². The molecule has 1 aromatic carbocycles. The molecule has 0 aliphatic carbocycles. The van der Waals surface area contributed by atoms with E-state index in [1.807, 2.05) is 30.5 Å². The second kappa shape index (κ2) is 5.77. The Bertz CT molecular complexity index is 596. The molecule has 102 valence electrons. The molecule has 2 aromatic rings. The van der Waals surface area contributed by atoms with Crippen LogP contribution in [0.15, 0.2) is 59.7 Å². The number of aliphatic imine (C=N–C) groups is 1. The highest BCUT2D eigenvalue weighted by Crippen LogP contribution is 2.40. The van der Waals surface area contributed by atoms with Gasteiger partial charge in [-0.2, -0.15) is 0 Å². The summed E-state index contributed by atoms with van der Waals surface area (Å²) in [5, 5.41) is 1.34. The Kier molecular flexibility index (Phi) is 3.85. The zero-order valence-corrected chi connectivity index (χ0v) is 12.4. The van der Waals surface area contributed by atoms with Gasteiger partial charge in [0.1, 0.15) is 11.1 Å². The Hall–Kier alpha value is -1.65. The van der Waals surface area contributed by atoms with E-state index in [4.69, 9.17) is 4.99 Å². The second-order valence-corrected chi connectivity index (χ2v) is 6.08. The van der Waals surface area contributed by atoms with Crippen molar-refractivity contribution in [2.75, 3.05) is 14.1 Å². The quantitative estimate of drug-likeness (QED) is 0.866. The molecule has 0 fully saturated rings. The number of thioether (sulfide) groups is 1. The van der Waals surface area contributed by atoms with E-state index < -0.39 is 0 Å². The molecule has 3 rings (SSSR count). The molecular weight excluding hydrogens is 266 g/mol. The molecule has 1 aromatic heterocycles. The monoisotopic (exact) mass is 283 g/mol.